The van der Waals surface area contributed by atoms with E-state index >= 15 is 0 Å². The second-order valence-corrected chi connectivity index (χ2v) is 8.36. The maximum atomic E-state index is 12.6. The molecule has 0 fully saturated rings. The minimum atomic E-state index is -0.250. The molecule has 2 rings (SSSR count). The topological polar surface area (TPSA) is 74.8 Å². The molecule has 0 aliphatic rings. The van der Waals surface area contributed by atoms with Crippen LogP contribution < -0.4 is 5.32 Å². The van der Waals surface area contributed by atoms with Crippen molar-refractivity contribution in [2.45, 2.75) is 26.9 Å². The summed E-state index contributed by atoms with van der Waals surface area (Å²) in [6, 6.07) is 9.70. The van der Waals surface area contributed by atoms with Gasteiger partial charge in [0.1, 0.15) is 6.61 Å². The van der Waals surface area contributed by atoms with Crippen LogP contribution in [0.5, 0.6) is 0 Å². The number of aryl methyl sites for hydroxylation is 2. The Morgan fingerprint density at radius 2 is 1.86 bits per heavy atom. The van der Waals surface area contributed by atoms with Crippen LogP contribution in [-0.2, 0) is 20.9 Å². The van der Waals surface area contributed by atoms with Gasteiger partial charge in [-0.25, -0.2) is 4.98 Å². The first-order chi connectivity index (χ1) is 13.8. The third kappa shape index (κ3) is 8.31. The monoisotopic (exact) mass is 418 g/mol. The number of carbonyl (C=O) groups is 2. The number of hydrogen-bond donors (Lipinski definition) is 1. The molecule has 0 saturated carbocycles. The van der Waals surface area contributed by atoms with Gasteiger partial charge in [-0.2, -0.15) is 0 Å². The summed E-state index contributed by atoms with van der Waals surface area (Å²) in [6.07, 6.45) is 0.778. The molecule has 0 spiro atoms. The normalized spacial score (nSPS) is 10.9. The van der Waals surface area contributed by atoms with E-state index in [1.165, 1.54) is 11.3 Å². The first kappa shape index (κ1) is 23.0. The summed E-state index contributed by atoms with van der Waals surface area (Å²) in [5.41, 5.74) is 1.91. The molecule has 0 radical (unpaired) electrons. The molecule has 1 aromatic heterocycles. The Hall–Kier alpha value is -2.29. The summed E-state index contributed by atoms with van der Waals surface area (Å²) >= 11 is 1.43. The van der Waals surface area contributed by atoms with Gasteiger partial charge in [0.2, 0.25) is 11.8 Å². The molecule has 0 aliphatic heterocycles. The Kier molecular flexibility index (Phi) is 9.24. The van der Waals surface area contributed by atoms with E-state index in [1.807, 2.05) is 58.3 Å². The van der Waals surface area contributed by atoms with Crippen LogP contribution in [0, 0.1) is 13.8 Å². The molecule has 0 unspecified atom stereocenters. The lowest BCUT2D eigenvalue weighted by Gasteiger charge is -2.23. The molecule has 1 heterocycles. The van der Waals surface area contributed by atoms with Crippen LogP contribution in [0.15, 0.2) is 30.3 Å². The van der Waals surface area contributed by atoms with Crippen LogP contribution >= 0.6 is 11.3 Å². The average Bonchev–Trinajstić information content (AvgIpc) is 2.98. The molecule has 2 aromatic rings. The predicted molar refractivity (Wildman–Crippen MR) is 116 cm³/mol. The highest BCUT2D eigenvalue weighted by Crippen LogP contribution is 2.20. The number of amides is 2. The number of rotatable bonds is 11. The highest BCUT2D eigenvalue weighted by molar-refractivity contribution is 7.15. The minimum Gasteiger partial charge on any atom is -0.367 e. The van der Waals surface area contributed by atoms with Crippen molar-refractivity contribution in [2.75, 3.05) is 45.7 Å². The largest absolute Gasteiger partial charge is 0.367 e. The summed E-state index contributed by atoms with van der Waals surface area (Å²) < 4.78 is 5.57. The molecule has 0 saturated heterocycles. The molecule has 7 nitrogen and oxygen atoms in total. The van der Waals surface area contributed by atoms with Crippen LogP contribution in [0.1, 0.15) is 22.6 Å². The van der Waals surface area contributed by atoms with Gasteiger partial charge in [-0.1, -0.05) is 30.3 Å². The maximum absolute atomic E-state index is 12.6. The molecule has 1 aromatic carbocycles. The van der Waals surface area contributed by atoms with Gasteiger partial charge in [0.05, 0.1) is 18.8 Å². The second-order valence-electron chi connectivity index (χ2n) is 7.16. The van der Waals surface area contributed by atoms with Crippen molar-refractivity contribution >= 4 is 28.3 Å². The van der Waals surface area contributed by atoms with Crippen molar-refractivity contribution in [3.63, 3.8) is 0 Å². The first-order valence-electron chi connectivity index (χ1n) is 9.63. The van der Waals surface area contributed by atoms with Gasteiger partial charge in [0.15, 0.2) is 5.13 Å². The van der Waals surface area contributed by atoms with E-state index in [0.29, 0.717) is 18.3 Å². The van der Waals surface area contributed by atoms with E-state index < -0.39 is 0 Å². The van der Waals surface area contributed by atoms with Crippen molar-refractivity contribution in [3.8, 4) is 0 Å². The van der Waals surface area contributed by atoms with Crippen LogP contribution in [0.3, 0.4) is 0 Å². The molecule has 0 atom stereocenters. The number of aromatic nitrogens is 1. The Bertz CT molecular complexity index is 773. The lowest BCUT2D eigenvalue weighted by atomic mass is 10.2. The van der Waals surface area contributed by atoms with Gasteiger partial charge >= 0.3 is 0 Å². The fourth-order valence-corrected chi connectivity index (χ4v) is 3.48. The van der Waals surface area contributed by atoms with Gasteiger partial charge in [-0.05, 0) is 46.5 Å². The first-order valence-corrected chi connectivity index (χ1v) is 10.4. The summed E-state index contributed by atoms with van der Waals surface area (Å²) in [5.74, 6) is -0.443. The minimum absolute atomic E-state index is 0.0152. The predicted octanol–water partition coefficient (Wildman–Crippen LogP) is 2.70. The van der Waals surface area contributed by atoms with Gasteiger partial charge in [-0.3, -0.25) is 9.59 Å². The number of thiazole rings is 1. The van der Waals surface area contributed by atoms with E-state index in [2.05, 4.69) is 15.2 Å². The number of carbonyl (C=O) groups excluding carboxylic acids is 2. The van der Waals surface area contributed by atoms with E-state index in [4.69, 9.17) is 4.74 Å². The lowest BCUT2D eigenvalue weighted by Crippen LogP contribution is -2.41. The summed E-state index contributed by atoms with van der Waals surface area (Å²) in [7, 11) is 3.96. The van der Waals surface area contributed by atoms with Gasteiger partial charge in [-0.15, -0.1) is 11.3 Å². The highest BCUT2D eigenvalue weighted by atomic mass is 32.1. The molecule has 158 valence electrons. The van der Waals surface area contributed by atoms with Crippen LogP contribution in [0.25, 0.3) is 0 Å². The standard InChI is InChI=1S/C21H30N4O3S/c1-16-17(2)29-21(22-16)23-19(26)13-25(12-8-11-24(3)4)20(27)15-28-14-18-9-6-5-7-10-18/h5-7,9-10H,8,11-15H2,1-4H3,(H,22,23,26). The zero-order valence-corrected chi connectivity index (χ0v) is 18.4. The Morgan fingerprint density at radius 1 is 1.14 bits per heavy atom. The fraction of sp³-hybridized carbons (Fsp3) is 0.476. The van der Waals surface area contributed by atoms with Crippen LogP contribution in [0.4, 0.5) is 5.13 Å². The van der Waals surface area contributed by atoms with Gasteiger partial charge in [0, 0.05) is 11.4 Å². The van der Waals surface area contributed by atoms with Crippen LogP contribution in [-0.4, -0.2) is 66.9 Å². The second kappa shape index (κ2) is 11.6. The molecule has 0 aliphatic carbocycles. The van der Waals surface area contributed by atoms with Crippen molar-refractivity contribution in [2.24, 2.45) is 0 Å². The molecular weight excluding hydrogens is 388 g/mol. The molecular formula is C21H30N4O3S. The Morgan fingerprint density at radius 3 is 2.48 bits per heavy atom. The number of nitrogens with zero attached hydrogens (tertiary/aromatic N) is 3. The molecule has 0 bridgehead atoms. The Labute approximate surface area is 176 Å². The van der Waals surface area contributed by atoms with Gasteiger partial charge in [0.25, 0.3) is 0 Å². The SMILES string of the molecule is Cc1nc(NC(=O)CN(CCCN(C)C)C(=O)COCc2ccccc2)sc1C. The third-order valence-electron chi connectivity index (χ3n) is 4.33. The quantitative estimate of drug-likeness (QED) is 0.607. The summed E-state index contributed by atoms with van der Waals surface area (Å²) in [4.78, 5) is 34.1. The van der Waals surface area contributed by atoms with E-state index in [-0.39, 0.29) is 25.0 Å². The van der Waals surface area contributed by atoms with E-state index in [0.717, 1.165) is 29.1 Å². The fourth-order valence-electron chi connectivity index (χ4n) is 2.65. The molecule has 1 N–H and O–H groups in total. The Balaban J connectivity index is 1.89. The van der Waals surface area contributed by atoms with E-state index in [9.17, 15) is 9.59 Å². The third-order valence-corrected chi connectivity index (χ3v) is 5.32. The smallest absolute Gasteiger partial charge is 0.249 e. The van der Waals surface area contributed by atoms with Crippen molar-refractivity contribution in [1.82, 2.24) is 14.8 Å². The molecule has 2 amide bonds. The lowest BCUT2D eigenvalue weighted by molar-refractivity contribution is -0.139. The van der Waals surface area contributed by atoms with Crippen molar-refractivity contribution < 1.29 is 14.3 Å². The van der Waals surface area contributed by atoms with E-state index in [1.54, 1.807) is 4.90 Å². The number of ether oxygens (including phenoxy) is 1. The number of nitrogens with one attached hydrogen (secondary N) is 1. The average molecular weight is 419 g/mol. The van der Waals surface area contributed by atoms with Crippen molar-refractivity contribution in [3.05, 3.63) is 46.5 Å². The summed E-state index contributed by atoms with van der Waals surface area (Å²) in [6.45, 7) is 5.49. The number of anilines is 1. The van der Waals surface area contributed by atoms with Gasteiger partial charge < -0.3 is 19.9 Å². The zero-order valence-electron chi connectivity index (χ0n) is 17.6. The highest BCUT2D eigenvalue weighted by Gasteiger charge is 2.18. The number of benzene rings is 1. The van der Waals surface area contributed by atoms with Crippen molar-refractivity contribution in [1.29, 1.82) is 0 Å². The zero-order chi connectivity index (χ0) is 21.2. The molecule has 8 heteroatoms. The van der Waals surface area contributed by atoms with Crippen LogP contribution in [0.2, 0.25) is 0 Å². The summed E-state index contributed by atoms with van der Waals surface area (Å²) in [5, 5.41) is 3.35. The maximum Gasteiger partial charge on any atom is 0.249 e. The molecule has 29 heavy (non-hydrogen) atoms. The number of hydrogen-bond acceptors (Lipinski definition) is 6.